The van der Waals surface area contributed by atoms with Crippen molar-refractivity contribution in [1.29, 1.82) is 0 Å². The van der Waals surface area contributed by atoms with Crippen LogP contribution in [0.15, 0.2) is 162 Å². The molecule has 5 nitrogen and oxygen atoms in total. The first-order valence-electron chi connectivity index (χ1n) is 16.5. The van der Waals surface area contributed by atoms with Crippen molar-refractivity contribution < 1.29 is 4.42 Å². The summed E-state index contributed by atoms with van der Waals surface area (Å²) in [4.78, 5) is 21.0. The van der Waals surface area contributed by atoms with Gasteiger partial charge < -0.3 is 4.42 Å². The average molecular weight is 659 g/mol. The lowest BCUT2D eigenvalue weighted by atomic mass is 10.00. The zero-order chi connectivity index (χ0) is 33.0. The first-order valence-corrected chi connectivity index (χ1v) is 17.3. The molecule has 234 valence electrons. The monoisotopic (exact) mass is 658 g/mol. The van der Waals surface area contributed by atoms with Crippen LogP contribution < -0.4 is 0 Å². The van der Waals surface area contributed by atoms with Gasteiger partial charge in [0.1, 0.15) is 11.2 Å². The van der Waals surface area contributed by atoms with Crippen LogP contribution in [-0.2, 0) is 0 Å². The summed E-state index contributed by atoms with van der Waals surface area (Å²) < 4.78 is 8.81. The number of fused-ring (bicyclic) bond motifs is 6. The highest BCUT2D eigenvalue weighted by Gasteiger charge is 2.22. The van der Waals surface area contributed by atoms with Crippen LogP contribution in [0.1, 0.15) is 0 Å². The van der Waals surface area contributed by atoms with Crippen molar-refractivity contribution in [3.8, 4) is 56.5 Å². The molecule has 10 rings (SSSR count). The van der Waals surface area contributed by atoms with E-state index < -0.39 is 0 Å². The lowest BCUT2D eigenvalue weighted by Gasteiger charge is -2.11. The van der Waals surface area contributed by atoms with Gasteiger partial charge >= 0.3 is 0 Å². The summed E-state index contributed by atoms with van der Waals surface area (Å²) >= 11 is 1.73. The van der Waals surface area contributed by atoms with Gasteiger partial charge in [0.25, 0.3) is 0 Å². The Morgan fingerprint density at radius 1 is 0.440 bits per heavy atom. The highest BCUT2D eigenvalue weighted by atomic mass is 32.1. The summed E-state index contributed by atoms with van der Waals surface area (Å²) in [6, 6.07) is 53.6. The molecule has 0 atom stereocenters. The Labute approximate surface area is 291 Å². The second-order valence-corrected chi connectivity index (χ2v) is 13.2. The number of nitrogens with zero attached hydrogens (tertiary/aromatic N) is 4. The molecule has 6 aromatic carbocycles. The molecule has 0 fully saturated rings. The summed E-state index contributed by atoms with van der Waals surface area (Å²) in [5, 5.41) is 2.99. The molecule has 0 saturated heterocycles. The number of thiophene rings is 1. The molecule has 0 saturated carbocycles. The quantitative estimate of drug-likeness (QED) is 0.184. The number of benzene rings is 6. The largest absolute Gasteiger partial charge is 0.456 e. The minimum atomic E-state index is 0.624. The van der Waals surface area contributed by atoms with E-state index in [0.717, 1.165) is 82.4 Å². The van der Waals surface area contributed by atoms with Crippen LogP contribution in [0.2, 0.25) is 0 Å². The van der Waals surface area contributed by atoms with E-state index in [0.29, 0.717) is 11.6 Å². The number of hydrogen-bond donors (Lipinski definition) is 0. The molecule has 0 N–H and O–H groups in total. The lowest BCUT2D eigenvalue weighted by Crippen LogP contribution is -1.97. The van der Waals surface area contributed by atoms with Gasteiger partial charge in [0, 0.05) is 48.7 Å². The Morgan fingerprint density at radius 3 is 1.56 bits per heavy atom. The van der Waals surface area contributed by atoms with Crippen LogP contribution in [0.3, 0.4) is 0 Å². The van der Waals surface area contributed by atoms with Crippen molar-refractivity contribution in [2.45, 2.75) is 0 Å². The standard InChI is InChI=1S/C44H26N4OS/c1-4-14-27(15-5-1)33-26-34(28-16-6-2-7-17-28)46-43(45-33)31-21-12-23-35-38(31)39-32(22-13-24-36(39)49-35)44-47-40(29-18-8-3-9-19-29)42-41(48-44)30-20-10-11-25-37(30)50-42/h1-26H. The highest BCUT2D eigenvalue weighted by Crippen LogP contribution is 2.43. The van der Waals surface area contributed by atoms with Crippen LogP contribution in [-0.4, -0.2) is 19.9 Å². The van der Waals surface area contributed by atoms with E-state index in [1.54, 1.807) is 11.3 Å². The fourth-order valence-electron chi connectivity index (χ4n) is 6.82. The van der Waals surface area contributed by atoms with Crippen LogP contribution >= 0.6 is 11.3 Å². The summed E-state index contributed by atoms with van der Waals surface area (Å²) in [6.45, 7) is 0. The van der Waals surface area contributed by atoms with Crippen molar-refractivity contribution in [1.82, 2.24) is 19.9 Å². The predicted molar refractivity (Wildman–Crippen MR) is 205 cm³/mol. The molecule has 0 spiro atoms. The zero-order valence-corrected chi connectivity index (χ0v) is 27.4. The highest BCUT2D eigenvalue weighted by molar-refractivity contribution is 7.26. The maximum Gasteiger partial charge on any atom is 0.161 e. The number of hydrogen-bond acceptors (Lipinski definition) is 6. The smallest absolute Gasteiger partial charge is 0.161 e. The number of rotatable bonds is 5. The van der Waals surface area contributed by atoms with Crippen molar-refractivity contribution in [2.75, 3.05) is 0 Å². The third kappa shape index (κ3) is 4.69. The molecule has 6 heteroatoms. The van der Waals surface area contributed by atoms with Gasteiger partial charge in [-0.3, -0.25) is 0 Å². The molecule has 0 radical (unpaired) electrons. The summed E-state index contributed by atoms with van der Waals surface area (Å²) in [5.74, 6) is 1.27. The summed E-state index contributed by atoms with van der Waals surface area (Å²) in [7, 11) is 0. The summed E-state index contributed by atoms with van der Waals surface area (Å²) in [5.41, 5.74) is 9.96. The molecule has 0 bridgehead atoms. The van der Waals surface area contributed by atoms with E-state index >= 15 is 0 Å². The molecular formula is C44H26N4OS. The minimum absolute atomic E-state index is 0.624. The second kappa shape index (κ2) is 11.6. The van der Waals surface area contributed by atoms with E-state index in [9.17, 15) is 0 Å². The SMILES string of the molecule is c1ccc(-c2cc(-c3ccccc3)nc(-c3cccc4oc5cccc(-c6nc(-c7ccccc7)c7sc8ccccc8c7n6)c5c34)n2)cc1. The van der Waals surface area contributed by atoms with Gasteiger partial charge in [-0.25, -0.2) is 19.9 Å². The third-order valence-electron chi connectivity index (χ3n) is 9.14. The Hall–Kier alpha value is -6.50. The van der Waals surface area contributed by atoms with Gasteiger partial charge in [-0.05, 0) is 24.3 Å². The van der Waals surface area contributed by atoms with Crippen molar-refractivity contribution in [2.24, 2.45) is 0 Å². The maximum absolute atomic E-state index is 6.56. The van der Waals surface area contributed by atoms with E-state index in [1.807, 2.05) is 66.7 Å². The minimum Gasteiger partial charge on any atom is -0.456 e. The van der Waals surface area contributed by atoms with E-state index in [4.69, 9.17) is 24.4 Å². The van der Waals surface area contributed by atoms with Gasteiger partial charge in [0.2, 0.25) is 0 Å². The second-order valence-electron chi connectivity index (χ2n) is 12.2. The van der Waals surface area contributed by atoms with Crippen LogP contribution in [0.4, 0.5) is 0 Å². The molecule has 50 heavy (non-hydrogen) atoms. The molecule has 10 aromatic rings. The molecule has 4 heterocycles. The van der Waals surface area contributed by atoms with Gasteiger partial charge in [-0.2, -0.15) is 0 Å². The Balaban J connectivity index is 1.26. The van der Waals surface area contributed by atoms with Crippen molar-refractivity contribution in [3.05, 3.63) is 158 Å². The van der Waals surface area contributed by atoms with Crippen molar-refractivity contribution in [3.63, 3.8) is 0 Å². The molecule has 0 aliphatic rings. The van der Waals surface area contributed by atoms with Crippen LogP contribution in [0.25, 0.3) is 98.8 Å². The fourth-order valence-corrected chi connectivity index (χ4v) is 7.98. The lowest BCUT2D eigenvalue weighted by molar-refractivity contribution is 0.669. The molecule has 0 unspecified atom stereocenters. The number of furan rings is 1. The van der Waals surface area contributed by atoms with Gasteiger partial charge in [-0.1, -0.05) is 133 Å². The van der Waals surface area contributed by atoms with E-state index in [1.165, 1.54) is 4.70 Å². The summed E-state index contributed by atoms with van der Waals surface area (Å²) in [6.07, 6.45) is 0. The van der Waals surface area contributed by atoms with Gasteiger partial charge in [-0.15, -0.1) is 11.3 Å². The molecule has 0 aliphatic carbocycles. The maximum atomic E-state index is 6.56. The zero-order valence-electron chi connectivity index (χ0n) is 26.6. The molecule has 0 aliphatic heterocycles. The molecule has 4 aromatic heterocycles. The van der Waals surface area contributed by atoms with Crippen molar-refractivity contribution >= 4 is 53.6 Å². The third-order valence-corrected chi connectivity index (χ3v) is 10.3. The van der Waals surface area contributed by atoms with E-state index in [2.05, 4.69) is 91.0 Å². The molecular weight excluding hydrogens is 633 g/mol. The predicted octanol–water partition coefficient (Wildman–Crippen LogP) is 11.9. The van der Waals surface area contributed by atoms with Gasteiger partial charge in [0.05, 0.1) is 27.3 Å². The van der Waals surface area contributed by atoms with E-state index in [-0.39, 0.29) is 0 Å². The fraction of sp³-hybridized carbons (Fsp3) is 0. The normalized spacial score (nSPS) is 11.6. The first-order chi connectivity index (χ1) is 24.8. The van der Waals surface area contributed by atoms with Crippen LogP contribution in [0.5, 0.6) is 0 Å². The molecule has 0 amide bonds. The average Bonchev–Trinajstić information content (AvgIpc) is 3.77. The first kappa shape index (κ1) is 28.5. The number of aromatic nitrogens is 4. The Kier molecular flexibility index (Phi) is 6.60. The topological polar surface area (TPSA) is 64.7 Å². The van der Waals surface area contributed by atoms with Gasteiger partial charge in [0.15, 0.2) is 11.6 Å². The Morgan fingerprint density at radius 2 is 0.960 bits per heavy atom. The Bertz CT molecular complexity index is 2810. The van der Waals surface area contributed by atoms with Crippen LogP contribution in [0, 0.1) is 0 Å².